The summed E-state index contributed by atoms with van der Waals surface area (Å²) in [5.74, 6) is 1.57. The number of ether oxygens (including phenoxy) is 2. The Morgan fingerprint density at radius 3 is 2.30 bits per heavy atom. The molecule has 27 heavy (non-hydrogen) atoms. The van der Waals surface area contributed by atoms with Crippen molar-refractivity contribution >= 4 is 30.5 Å². The highest BCUT2D eigenvalue weighted by Crippen LogP contribution is 2.15. The molecule has 0 aliphatic heterocycles. The lowest BCUT2D eigenvalue weighted by molar-refractivity contribution is 0.0958. The highest BCUT2D eigenvalue weighted by molar-refractivity contribution is 7.80. The van der Waals surface area contributed by atoms with Crippen molar-refractivity contribution in [2.24, 2.45) is 0 Å². The number of hydrogen-bond acceptors (Lipinski definition) is 5. The van der Waals surface area contributed by atoms with Gasteiger partial charge in [-0.15, -0.1) is 0 Å². The van der Waals surface area contributed by atoms with Crippen LogP contribution in [0.15, 0.2) is 42.6 Å². The molecule has 0 aliphatic rings. The third-order valence-electron chi connectivity index (χ3n) is 4.06. The number of nitrogens with zero attached hydrogens (tertiary/aromatic N) is 2. The molecule has 0 aliphatic carbocycles. The van der Waals surface area contributed by atoms with Crippen LogP contribution >= 0.6 is 12.6 Å². The topological polar surface area (TPSA) is 34.6 Å². The van der Waals surface area contributed by atoms with Gasteiger partial charge in [0.25, 0.3) is 0 Å². The van der Waals surface area contributed by atoms with Gasteiger partial charge < -0.3 is 14.4 Å². The van der Waals surface area contributed by atoms with Gasteiger partial charge in [-0.25, -0.2) is 4.98 Å². The number of aromatic nitrogens is 1. The van der Waals surface area contributed by atoms with Gasteiger partial charge >= 0.3 is 0 Å². The maximum Gasteiger partial charge on any atom is 0.213 e. The number of unbranched alkanes of at least 4 members (excludes halogenated alkanes) is 2. The lowest BCUT2D eigenvalue weighted by Crippen LogP contribution is -2.08. The van der Waals surface area contributed by atoms with Gasteiger partial charge in [0.15, 0.2) is 0 Å². The zero-order valence-electron chi connectivity index (χ0n) is 16.3. The normalized spacial score (nSPS) is 11.1. The SMILES string of the molecule is CN(C)c1ccc(/C=C/c2ccc(OCCOCCCCCS)nc2)cc1. The van der Waals surface area contributed by atoms with Crippen LogP contribution in [0.25, 0.3) is 12.2 Å². The van der Waals surface area contributed by atoms with E-state index in [1.807, 2.05) is 32.4 Å². The van der Waals surface area contributed by atoms with E-state index < -0.39 is 0 Å². The van der Waals surface area contributed by atoms with Crippen molar-refractivity contribution in [2.75, 3.05) is 44.6 Å². The summed E-state index contributed by atoms with van der Waals surface area (Å²) in [6.45, 7) is 1.89. The van der Waals surface area contributed by atoms with E-state index in [4.69, 9.17) is 9.47 Å². The molecule has 0 saturated heterocycles. The molecule has 0 bridgehead atoms. The van der Waals surface area contributed by atoms with E-state index in [0.717, 1.165) is 36.3 Å². The second kappa shape index (κ2) is 12.4. The summed E-state index contributed by atoms with van der Waals surface area (Å²) in [5, 5.41) is 0. The molecule has 2 rings (SSSR count). The van der Waals surface area contributed by atoms with E-state index in [0.29, 0.717) is 19.1 Å². The third-order valence-corrected chi connectivity index (χ3v) is 4.38. The number of rotatable bonds is 12. The molecule has 0 radical (unpaired) electrons. The molecular formula is C22H30N2O2S. The molecule has 0 saturated carbocycles. The predicted octanol–water partition coefficient (Wildman–Crippen LogP) is 4.81. The predicted molar refractivity (Wildman–Crippen MR) is 118 cm³/mol. The molecule has 5 heteroatoms. The van der Waals surface area contributed by atoms with Crippen LogP contribution in [-0.4, -0.2) is 44.7 Å². The van der Waals surface area contributed by atoms with Crippen LogP contribution in [0.5, 0.6) is 5.88 Å². The molecule has 0 spiro atoms. The Bertz CT molecular complexity index is 670. The second-order valence-electron chi connectivity index (χ2n) is 6.49. The third kappa shape index (κ3) is 8.50. The van der Waals surface area contributed by atoms with Crippen LogP contribution in [0.4, 0.5) is 5.69 Å². The molecule has 0 N–H and O–H groups in total. The number of anilines is 1. The average Bonchev–Trinajstić information content (AvgIpc) is 2.69. The molecule has 146 valence electrons. The molecule has 0 unspecified atom stereocenters. The van der Waals surface area contributed by atoms with Gasteiger partial charge in [-0.3, -0.25) is 0 Å². The Kier molecular flexibility index (Phi) is 9.80. The summed E-state index contributed by atoms with van der Waals surface area (Å²) < 4.78 is 11.2. The molecule has 1 aromatic heterocycles. The largest absolute Gasteiger partial charge is 0.475 e. The lowest BCUT2D eigenvalue weighted by atomic mass is 10.1. The smallest absolute Gasteiger partial charge is 0.213 e. The zero-order valence-corrected chi connectivity index (χ0v) is 17.2. The molecule has 1 heterocycles. The van der Waals surface area contributed by atoms with Gasteiger partial charge in [0.05, 0.1) is 6.61 Å². The van der Waals surface area contributed by atoms with Gasteiger partial charge in [-0.05, 0) is 47.9 Å². The van der Waals surface area contributed by atoms with E-state index in [1.165, 1.54) is 12.1 Å². The van der Waals surface area contributed by atoms with Crippen molar-refractivity contribution in [2.45, 2.75) is 19.3 Å². The molecule has 0 amide bonds. The number of pyridine rings is 1. The van der Waals surface area contributed by atoms with Crippen LogP contribution < -0.4 is 9.64 Å². The van der Waals surface area contributed by atoms with Crippen molar-refractivity contribution in [3.63, 3.8) is 0 Å². The summed E-state index contributed by atoms with van der Waals surface area (Å²) in [6.07, 6.45) is 9.35. The van der Waals surface area contributed by atoms with Crippen LogP contribution in [0.3, 0.4) is 0 Å². The molecule has 0 atom stereocenters. The van der Waals surface area contributed by atoms with E-state index in [-0.39, 0.29) is 0 Å². The summed E-state index contributed by atoms with van der Waals surface area (Å²) in [7, 11) is 4.08. The van der Waals surface area contributed by atoms with Crippen LogP contribution in [0, 0.1) is 0 Å². The Labute approximate surface area is 168 Å². The van der Waals surface area contributed by atoms with Crippen LogP contribution in [0.2, 0.25) is 0 Å². The number of benzene rings is 1. The Hall–Kier alpha value is -1.98. The monoisotopic (exact) mass is 386 g/mol. The Balaban J connectivity index is 1.70. The fourth-order valence-electron chi connectivity index (χ4n) is 2.45. The first-order chi connectivity index (χ1) is 13.2. The maximum absolute atomic E-state index is 5.61. The quantitative estimate of drug-likeness (QED) is 0.419. The zero-order chi connectivity index (χ0) is 19.3. The molecule has 0 fully saturated rings. The minimum atomic E-state index is 0.521. The first-order valence-electron chi connectivity index (χ1n) is 9.42. The molecular weight excluding hydrogens is 356 g/mol. The van der Waals surface area contributed by atoms with Gasteiger partial charge in [-0.2, -0.15) is 12.6 Å². The molecule has 1 aromatic carbocycles. The number of thiol groups is 1. The second-order valence-corrected chi connectivity index (χ2v) is 6.94. The van der Waals surface area contributed by atoms with Gasteiger partial charge in [0.2, 0.25) is 5.88 Å². The fourth-order valence-corrected chi connectivity index (χ4v) is 2.68. The minimum Gasteiger partial charge on any atom is -0.475 e. The van der Waals surface area contributed by atoms with Crippen LogP contribution in [0.1, 0.15) is 30.4 Å². The van der Waals surface area contributed by atoms with Gasteiger partial charge in [0, 0.05) is 38.7 Å². The van der Waals surface area contributed by atoms with E-state index >= 15 is 0 Å². The van der Waals surface area contributed by atoms with Crippen molar-refractivity contribution in [3.05, 3.63) is 53.7 Å². The Morgan fingerprint density at radius 1 is 0.889 bits per heavy atom. The fraction of sp³-hybridized carbons (Fsp3) is 0.409. The highest BCUT2D eigenvalue weighted by Gasteiger charge is 1.97. The first-order valence-corrected chi connectivity index (χ1v) is 10.1. The van der Waals surface area contributed by atoms with Crippen molar-refractivity contribution in [1.29, 1.82) is 0 Å². The summed E-state index contributed by atoms with van der Waals surface area (Å²) >= 11 is 4.20. The number of hydrogen-bond donors (Lipinski definition) is 1. The van der Waals surface area contributed by atoms with Crippen molar-refractivity contribution in [3.8, 4) is 5.88 Å². The van der Waals surface area contributed by atoms with Crippen LogP contribution in [-0.2, 0) is 4.74 Å². The van der Waals surface area contributed by atoms with Crippen molar-refractivity contribution in [1.82, 2.24) is 4.98 Å². The summed E-state index contributed by atoms with van der Waals surface area (Å²) in [6, 6.07) is 12.3. The summed E-state index contributed by atoms with van der Waals surface area (Å²) in [5.41, 5.74) is 3.39. The summed E-state index contributed by atoms with van der Waals surface area (Å²) in [4.78, 5) is 6.43. The van der Waals surface area contributed by atoms with Gasteiger partial charge in [-0.1, -0.05) is 30.7 Å². The standard InChI is InChI=1S/C22H30N2O2S/c1-24(2)21-11-8-19(9-12-21)6-7-20-10-13-22(23-18-20)26-16-15-25-14-4-3-5-17-27/h6-13,18,27H,3-5,14-17H2,1-2H3/b7-6+. The Morgan fingerprint density at radius 2 is 1.63 bits per heavy atom. The highest BCUT2D eigenvalue weighted by atomic mass is 32.1. The molecule has 2 aromatic rings. The maximum atomic E-state index is 5.61. The average molecular weight is 387 g/mol. The van der Waals surface area contributed by atoms with E-state index in [2.05, 4.69) is 58.9 Å². The van der Waals surface area contributed by atoms with E-state index in [1.54, 1.807) is 0 Å². The minimum absolute atomic E-state index is 0.521. The van der Waals surface area contributed by atoms with Gasteiger partial charge in [0.1, 0.15) is 6.61 Å². The van der Waals surface area contributed by atoms with E-state index in [9.17, 15) is 0 Å². The molecule has 4 nitrogen and oxygen atoms in total. The first kappa shape index (κ1) is 21.3. The van der Waals surface area contributed by atoms with Crippen molar-refractivity contribution < 1.29 is 9.47 Å². The lowest BCUT2D eigenvalue weighted by Gasteiger charge is -2.11.